The van der Waals surface area contributed by atoms with E-state index in [1.165, 1.54) is 12.7 Å². The van der Waals surface area contributed by atoms with E-state index < -0.39 is 0 Å². The summed E-state index contributed by atoms with van der Waals surface area (Å²) in [5.41, 5.74) is 8.34. The molecule has 7 rings (SSSR count). The standard InChI is InChI=1S/C39H35N3O4/c1-46-39(45)29-13-7-11-27(21-29)32-16-15-30(24-40-37(43)35-23-34(35)26-9-3-2-4-10-26)36-25-42(20-17-33(32)36)38(44)28-12-8-14-31(22-28)41-18-5-6-19-41/h2-16,18-19,21-22,34-35H,17,20,23-25H2,1H3,(H,40,43)/t34-,35-/m0/s1. The van der Waals surface area contributed by atoms with Gasteiger partial charge in [0.2, 0.25) is 5.91 Å². The van der Waals surface area contributed by atoms with Gasteiger partial charge in [-0.25, -0.2) is 4.79 Å². The van der Waals surface area contributed by atoms with Gasteiger partial charge in [-0.2, -0.15) is 0 Å². The SMILES string of the molecule is COC(=O)c1cccc(-c2ccc(CNC(=O)[C@H]3C[C@H]3c3ccccc3)c3c2CCN(C(=O)c2cccc(-n4cccc4)c2)C3)c1. The Kier molecular flexibility index (Phi) is 7.97. The van der Waals surface area contributed by atoms with Crippen LogP contribution >= 0.6 is 0 Å². The molecule has 230 valence electrons. The molecular formula is C39H35N3O4. The van der Waals surface area contributed by atoms with E-state index in [-0.39, 0.29) is 29.6 Å². The molecule has 2 atom stereocenters. The molecule has 0 unspecified atom stereocenters. The molecule has 0 radical (unpaired) electrons. The third-order valence-electron chi connectivity index (χ3n) is 9.19. The second-order valence-corrected chi connectivity index (χ2v) is 12.0. The molecule has 0 spiro atoms. The fourth-order valence-electron chi connectivity index (χ4n) is 6.64. The van der Waals surface area contributed by atoms with Crippen molar-refractivity contribution in [2.75, 3.05) is 13.7 Å². The molecule has 1 aromatic heterocycles. The van der Waals surface area contributed by atoms with Crippen LogP contribution in [-0.4, -0.2) is 40.9 Å². The number of aromatic nitrogens is 1. The molecule has 2 heterocycles. The topological polar surface area (TPSA) is 80.6 Å². The summed E-state index contributed by atoms with van der Waals surface area (Å²) in [5.74, 6) is -0.124. The lowest BCUT2D eigenvalue weighted by atomic mass is 9.87. The molecule has 1 fully saturated rings. The third kappa shape index (κ3) is 5.84. The van der Waals surface area contributed by atoms with Crippen molar-refractivity contribution in [2.45, 2.75) is 31.8 Å². The van der Waals surface area contributed by atoms with Crippen molar-refractivity contribution in [1.29, 1.82) is 0 Å². The summed E-state index contributed by atoms with van der Waals surface area (Å²) in [6.07, 6.45) is 5.42. The summed E-state index contributed by atoms with van der Waals surface area (Å²) in [6.45, 7) is 1.36. The van der Waals surface area contributed by atoms with Crippen LogP contribution in [0.25, 0.3) is 16.8 Å². The minimum absolute atomic E-state index is 0.0239. The molecular weight excluding hydrogens is 574 g/mol. The molecule has 4 aromatic carbocycles. The molecule has 1 aliphatic carbocycles. The van der Waals surface area contributed by atoms with Crippen LogP contribution in [0.4, 0.5) is 0 Å². The number of methoxy groups -OCH3 is 1. The van der Waals surface area contributed by atoms with Crippen LogP contribution in [0.3, 0.4) is 0 Å². The Hall–Kier alpha value is -5.43. The van der Waals surface area contributed by atoms with Gasteiger partial charge in [-0.1, -0.05) is 60.7 Å². The van der Waals surface area contributed by atoms with Crippen LogP contribution < -0.4 is 5.32 Å². The lowest BCUT2D eigenvalue weighted by molar-refractivity contribution is -0.122. The number of carbonyl (C=O) groups is 3. The Morgan fingerprint density at radius 1 is 0.826 bits per heavy atom. The maximum Gasteiger partial charge on any atom is 0.337 e. The maximum absolute atomic E-state index is 13.9. The second kappa shape index (κ2) is 12.5. The molecule has 2 aliphatic rings. The van der Waals surface area contributed by atoms with E-state index in [1.807, 2.05) is 101 Å². The highest BCUT2D eigenvalue weighted by Crippen LogP contribution is 2.47. The summed E-state index contributed by atoms with van der Waals surface area (Å²) in [7, 11) is 1.38. The van der Waals surface area contributed by atoms with Crippen LogP contribution in [0, 0.1) is 5.92 Å². The Balaban J connectivity index is 1.17. The van der Waals surface area contributed by atoms with Crippen LogP contribution in [0.5, 0.6) is 0 Å². The highest BCUT2D eigenvalue weighted by molar-refractivity contribution is 5.95. The lowest BCUT2D eigenvalue weighted by Crippen LogP contribution is -2.37. The van der Waals surface area contributed by atoms with Gasteiger partial charge in [-0.3, -0.25) is 9.59 Å². The van der Waals surface area contributed by atoms with E-state index in [9.17, 15) is 14.4 Å². The number of esters is 1. The quantitative estimate of drug-likeness (QED) is 0.202. The van der Waals surface area contributed by atoms with Crippen molar-refractivity contribution in [3.8, 4) is 16.8 Å². The van der Waals surface area contributed by atoms with Gasteiger partial charge in [0.25, 0.3) is 5.91 Å². The van der Waals surface area contributed by atoms with Gasteiger partial charge in [-0.15, -0.1) is 0 Å². The minimum Gasteiger partial charge on any atom is -0.465 e. The number of nitrogens with one attached hydrogen (secondary N) is 1. The summed E-state index contributed by atoms with van der Waals surface area (Å²) >= 11 is 0. The summed E-state index contributed by atoms with van der Waals surface area (Å²) in [5, 5.41) is 3.19. The van der Waals surface area contributed by atoms with E-state index in [2.05, 4.69) is 23.5 Å². The number of hydrogen-bond donors (Lipinski definition) is 1. The average molecular weight is 610 g/mol. The minimum atomic E-state index is -0.386. The summed E-state index contributed by atoms with van der Waals surface area (Å²) < 4.78 is 6.95. The summed E-state index contributed by atoms with van der Waals surface area (Å²) in [6, 6.07) is 33.3. The monoisotopic (exact) mass is 609 g/mol. The predicted molar refractivity (Wildman–Crippen MR) is 177 cm³/mol. The van der Waals surface area contributed by atoms with E-state index in [4.69, 9.17) is 4.74 Å². The van der Waals surface area contributed by atoms with E-state index in [1.54, 1.807) is 6.07 Å². The first-order valence-corrected chi connectivity index (χ1v) is 15.7. The smallest absolute Gasteiger partial charge is 0.337 e. The molecule has 5 aromatic rings. The van der Waals surface area contributed by atoms with E-state index >= 15 is 0 Å². The fraction of sp³-hybridized carbons (Fsp3) is 0.205. The zero-order valence-electron chi connectivity index (χ0n) is 25.7. The first kappa shape index (κ1) is 29.3. The Bertz CT molecular complexity index is 1920. The van der Waals surface area contributed by atoms with E-state index in [0.717, 1.165) is 39.9 Å². The highest BCUT2D eigenvalue weighted by atomic mass is 16.5. The zero-order valence-corrected chi connectivity index (χ0v) is 25.7. The van der Waals surface area contributed by atoms with Crippen molar-refractivity contribution in [3.63, 3.8) is 0 Å². The normalized spacial score (nSPS) is 16.8. The molecule has 0 saturated heterocycles. The van der Waals surface area contributed by atoms with Crippen LogP contribution in [0.2, 0.25) is 0 Å². The van der Waals surface area contributed by atoms with Crippen molar-refractivity contribution in [3.05, 3.63) is 149 Å². The molecule has 7 nitrogen and oxygen atoms in total. The summed E-state index contributed by atoms with van der Waals surface area (Å²) in [4.78, 5) is 41.3. The first-order chi connectivity index (χ1) is 22.5. The van der Waals surface area contributed by atoms with Gasteiger partial charge < -0.3 is 19.5 Å². The number of fused-ring (bicyclic) bond motifs is 1. The van der Waals surface area contributed by atoms with Gasteiger partial charge in [0, 0.05) is 49.2 Å². The number of benzene rings is 4. The van der Waals surface area contributed by atoms with Gasteiger partial charge >= 0.3 is 5.97 Å². The van der Waals surface area contributed by atoms with Crippen molar-refractivity contribution < 1.29 is 19.1 Å². The van der Waals surface area contributed by atoms with Gasteiger partial charge in [0.15, 0.2) is 0 Å². The number of ether oxygens (including phenoxy) is 1. The fourth-order valence-corrected chi connectivity index (χ4v) is 6.64. The Morgan fingerprint density at radius 3 is 2.41 bits per heavy atom. The van der Waals surface area contributed by atoms with Crippen molar-refractivity contribution >= 4 is 17.8 Å². The predicted octanol–water partition coefficient (Wildman–Crippen LogP) is 6.55. The van der Waals surface area contributed by atoms with E-state index in [0.29, 0.717) is 37.2 Å². The molecule has 2 amide bonds. The third-order valence-corrected chi connectivity index (χ3v) is 9.19. The maximum atomic E-state index is 13.9. The molecule has 0 bridgehead atoms. The Labute approximate surface area is 268 Å². The second-order valence-electron chi connectivity index (χ2n) is 12.0. The van der Waals surface area contributed by atoms with Gasteiger partial charge in [0.05, 0.1) is 12.7 Å². The number of nitrogens with zero attached hydrogens (tertiary/aromatic N) is 2. The number of rotatable bonds is 8. The highest BCUT2D eigenvalue weighted by Gasteiger charge is 2.43. The molecule has 1 N–H and O–H groups in total. The number of amides is 2. The molecule has 1 saturated carbocycles. The largest absolute Gasteiger partial charge is 0.465 e. The average Bonchev–Trinajstić information content (AvgIpc) is 3.73. The van der Waals surface area contributed by atoms with Crippen LogP contribution in [-0.2, 0) is 29.0 Å². The number of hydrogen-bond acceptors (Lipinski definition) is 4. The lowest BCUT2D eigenvalue weighted by Gasteiger charge is -2.32. The Morgan fingerprint density at radius 2 is 1.61 bits per heavy atom. The zero-order chi connectivity index (χ0) is 31.6. The van der Waals surface area contributed by atoms with Gasteiger partial charge in [0.1, 0.15) is 0 Å². The van der Waals surface area contributed by atoms with Crippen LogP contribution in [0.1, 0.15) is 55.3 Å². The van der Waals surface area contributed by atoms with Gasteiger partial charge in [-0.05, 0) is 94.6 Å². The van der Waals surface area contributed by atoms with Crippen LogP contribution in [0.15, 0.2) is 116 Å². The van der Waals surface area contributed by atoms with Crippen molar-refractivity contribution in [1.82, 2.24) is 14.8 Å². The molecule has 7 heteroatoms. The number of carbonyl (C=O) groups excluding carboxylic acids is 3. The molecule has 1 aliphatic heterocycles. The molecule has 46 heavy (non-hydrogen) atoms. The first-order valence-electron chi connectivity index (χ1n) is 15.7. The van der Waals surface area contributed by atoms with Crippen molar-refractivity contribution in [2.24, 2.45) is 5.92 Å².